The van der Waals surface area contributed by atoms with Gasteiger partial charge < -0.3 is 5.73 Å². The molecule has 0 amide bonds. The Balaban J connectivity index is 2.30. The monoisotopic (exact) mass is 259 g/mol. The van der Waals surface area contributed by atoms with Crippen molar-refractivity contribution in [3.05, 3.63) is 27.6 Å². The summed E-state index contributed by atoms with van der Waals surface area (Å²) in [6.45, 7) is 4.20. The number of hydrogen-bond acceptors (Lipinski definition) is 3. The van der Waals surface area contributed by atoms with Gasteiger partial charge in [-0.3, -0.25) is 0 Å². The molecule has 0 aliphatic carbocycles. The SMILES string of the molecule is Cc1nn(Cn2cc(Cl)c(N)n2)c(C)c1Cl. The molecule has 0 spiro atoms. The highest BCUT2D eigenvalue weighted by Crippen LogP contribution is 2.20. The molecule has 2 rings (SSSR count). The Morgan fingerprint density at radius 2 is 2.00 bits per heavy atom. The molecule has 0 aliphatic heterocycles. The minimum Gasteiger partial charge on any atom is -0.381 e. The third-order valence-electron chi connectivity index (χ3n) is 2.32. The fourth-order valence-corrected chi connectivity index (χ4v) is 1.72. The molecule has 0 saturated heterocycles. The Hall–Kier alpha value is -1.20. The molecule has 7 heteroatoms. The molecule has 2 aromatic heterocycles. The van der Waals surface area contributed by atoms with E-state index in [1.807, 2.05) is 13.8 Å². The van der Waals surface area contributed by atoms with Gasteiger partial charge in [-0.05, 0) is 13.8 Å². The normalized spacial score (nSPS) is 11.0. The molecule has 0 atom stereocenters. The maximum Gasteiger partial charge on any atom is 0.164 e. The van der Waals surface area contributed by atoms with E-state index in [9.17, 15) is 0 Å². The number of aromatic nitrogens is 4. The lowest BCUT2D eigenvalue weighted by Crippen LogP contribution is -2.11. The van der Waals surface area contributed by atoms with Crippen LogP contribution in [0.2, 0.25) is 10.0 Å². The molecule has 0 unspecified atom stereocenters. The molecule has 0 fully saturated rings. The van der Waals surface area contributed by atoms with Crippen LogP contribution in [0.15, 0.2) is 6.20 Å². The number of nitrogens with zero attached hydrogens (tertiary/aromatic N) is 4. The van der Waals surface area contributed by atoms with Crippen LogP contribution in [0.4, 0.5) is 5.82 Å². The summed E-state index contributed by atoms with van der Waals surface area (Å²) >= 11 is 11.8. The zero-order valence-electron chi connectivity index (χ0n) is 8.91. The van der Waals surface area contributed by atoms with Crippen LogP contribution in [0.3, 0.4) is 0 Å². The molecule has 2 N–H and O–H groups in total. The number of nitrogen functional groups attached to an aromatic ring is 1. The van der Waals surface area contributed by atoms with Crippen molar-refractivity contribution in [2.45, 2.75) is 20.5 Å². The molecule has 0 radical (unpaired) electrons. The minimum atomic E-state index is 0.314. The Labute approximate surface area is 103 Å². The Morgan fingerprint density at radius 3 is 2.44 bits per heavy atom. The zero-order chi connectivity index (χ0) is 11.9. The van der Waals surface area contributed by atoms with Crippen molar-refractivity contribution >= 4 is 29.0 Å². The predicted octanol–water partition coefficient (Wildman–Crippen LogP) is 2.09. The van der Waals surface area contributed by atoms with Crippen molar-refractivity contribution in [2.75, 3.05) is 5.73 Å². The lowest BCUT2D eigenvalue weighted by molar-refractivity contribution is 0.493. The van der Waals surface area contributed by atoms with Crippen molar-refractivity contribution in [1.29, 1.82) is 0 Å². The highest BCUT2D eigenvalue weighted by molar-refractivity contribution is 6.32. The Bertz CT molecular complexity index is 509. The third kappa shape index (κ3) is 1.88. The molecular formula is C9H11Cl2N5. The molecule has 86 valence electrons. The molecule has 0 aromatic carbocycles. The van der Waals surface area contributed by atoms with Crippen LogP contribution < -0.4 is 5.73 Å². The van der Waals surface area contributed by atoms with Gasteiger partial charge in [-0.1, -0.05) is 23.2 Å². The summed E-state index contributed by atoms with van der Waals surface area (Å²) < 4.78 is 3.37. The van der Waals surface area contributed by atoms with Crippen molar-refractivity contribution in [1.82, 2.24) is 19.6 Å². The van der Waals surface area contributed by atoms with E-state index in [1.165, 1.54) is 0 Å². The van der Waals surface area contributed by atoms with Gasteiger partial charge in [0, 0.05) is 6.20 Å². The molecule has 0 saturated carbocycles. The lowest BCUT2D eigenvalue weighted by atomic mass is 10.4. The molecule has 0 aliphatic rings. The van der Waals surface area contributed by atoms with E-state index in [0.717, 1.165) is 11.4 Å². The second-order valence-corrected chi connectivity index (χ2v) is 4.31. The maximum absolute atomic E-state index is 6.04. The fraction of sp³-hybridized carbons (Fsp3) is 0.333. The lowest BCUT2D eigenvalue weighted by Gasteiger charge is -2.03. The molecular weight excluding hydrogens is 249 g/mol. The minimum absolute atomic E-state index is 0.314. The summed E-state index contributed by atoms with van der Waals surface area (Å²) in [7, 11) is 0. The van der Waals surface area contributed by atoms with Gasteiger partial charge in [-0.15, -0.1) is 0 Å². The standard InChI is InChI=1S/C9H11Cl2N5/c1-5-8(11)6(2)16(13-5)4-15-3-7(10)9(12)14-15/h3H,4H2,1-2H3,(H2,12,14). The van der Waals surface area contributed by atoms with Crippen LogP contribution in [0.5, 0.6) is 0 Å². The average Bonchev–Trinajstić information content (AvgIpc) is 2.64. The number of hydrogen-bond donors (Lipinski definition) is 1. The first kappa shape index (κ1) is 11.3. The smallest absolute Gasteiger partial charge is 0.164 e. The topological polar surface area (TPSA) is 61.7 Å². The average molecular weight is 260 g/mol. The van der Waals surface area contributed by atoms with Crippen LogP contribution in [0.1, 0.15) is 11.4 Å². The van der Waals surface area contributed by atoms with Crippen LogP contribution in [0, 0.1) is 13.8 Å². The number of aryl methyl sites for hydroxylation is 1. The molecule has 2 aromatic rings. The first-order valence-electron chi connectivity index (χ1n) is 4.67. The summed E-state index contributed by atoms with van der Waals surface area (Å²) in [6, 6.07) is 0. The number of anilines is 1. The van der Waals surface area contributed by atoms with E-state index < -0.39 is 0 Å². The highest BCUT2D eigenvalue weighted by Gasteiger charge is 2.10. The van der Waals surface area contributed by atoms with Gasteiger partial charge in [-0.25, -0.2) is 9.36 Å². The Morgan fingerprint density at radius 1 is 1.31 bits per heavy atom. The van der Waals surface area contributed by atoms with Gasteiger partial charge in [0.05, 0.1) is 16.4 Å². The van der Waals surface area contributed by atoms with Gasteiger partial charge in [0.1, 0.15) is 11.7 Å². The summed E-state index contributed by atoms with van der Waals surface area (Å²) in [5.74, 6) is 0.314. The summed E-state index contributed by atoms with van der Waals surface area (Å²) in [6.07, 6.45) is 1.65. The van der Waals surface area contributed by atoms with E-state index >= 15 is 0 Å². The number of rotatable bonds is 2. The molecule has 0 bridgehead atoms. The summed E-state index contributed by atoms with van der Waals surface area (Å²) in [5, 5.41) is 9.44. The fourth-order valence-electron chi connectivity index (χ4n) is 1.43. The van der Waals surface area contributed by atoms with Gasteiger partial charge in [0.2, 0.25) is 0 Å². The quantitative estimate of drug-likeness (QED) is 0.899. The van der Waals surface area contributed by atoms with E-state index in [-0.39, 0.29) is 0 Å². The van der Waals surface area contributed by atoms with Gasteiger partial charge >= 0.3 is 0 Å². The van der Waals surface area contributed by atoms with Crippen molar-refractivity contribution in [3.63, 3.8) is 0 Å². The molecule has 2 heterocycles. The van der Waals surface area contributed by atoms with Crippen LogP contribution in [0.25, 0.3) is 0 Å². The van der Waals surface area contributed by atoms with E-state index in [1.54, 1.807) is 15.6 Å². The second kappa shape index (κ2) is 3.99. The second-order valence-electron chi connectivity index (χ2n) is 3.53. The third-order valence-corrected chi connectivity index (χ3v) is 3.15. The predicted molar refractivity (Wildman–Crippen MR) is 63.8 cm³/mol. The zero-order valence-corrected chi connectivity index (χ0v) is 10.4. The van der Waals surface area contributed by atoms with Gasteiger partial charge in [-0.2, -0.15) is 10.2 Å². The van der Waals surface area contributed by atoms with E-state index in [2.05, 4.69) is 10.2 Å². The van der Waals surface area contributed by atoms with Crippen molar-refractivity contribution in [2.24, 2.45) is 0 Å². The van der Waals surface area contributed by atoms with E-state index in [0.29, 0.717) is 22.5 Å². The van der Waals surface area contributed by atoms with Crippen LogP contribution in [-0.2, 0) is 6.67 Å². The van der Waals surface area contributed by atoms with Crippen molar-refractivity contribution in [3.8, 4) is 0 Å². The van der Waals surface area contributed by atoms with Gasteiger partial charge in [0.25, 0.3) is 0 Å². The maximum atomic E-state index is 6.04. The first-order valence-corrected chi connectivity index (χ1v) is 5.42. The van der Waals surface area contributed by atoms with E-state index in [4.69, 9.17) is 28.9 Å². The largest absolute Gasteiger partial charge is 0.381 e. The first-order chi connectivity index (χ1) is 7.49. The summed E-state index contributed by atoms with van der Waals surface area (Å²) in [4.78, 5) is 0. The highest BCUT2D eigenvalue weighted by atomic mass is 35.5. The van der Waals surface area contributed by atoms with Crippen molar-refractivity contribution < 1.29 is 0 Å². The van der Waals surface area contributed by atoms with Crippen LogP contribution >= 0.6 is 23.2 Å². The number of nitrogens with two attached hydrogens (primary N) is 1. The Kier molecular flexibility index (Phi) is 2.82. The molecule has 16 heavy (non-hydrogen) atoms. The molecule has 5 nitrogen and oxygen atoms in total. The van der Waals surface area contributed by atoms with Crippen LogP contribution in [-0.4, -0.2) is 19.6 Å². The van der Waals surface area contributed by atoms with Gasteiger partial charge in [0.15, 0.2) is 5.82 Å². The number of halogens is 2. The summed E-state index contributed by atoms with van der Waals surface area (Å²) in [5.41, 5.74) is 7.24.